The van der Waals surface area contributed by atoms with E-state index in [0.29, 0.717) is 0 Å². The van der Waals surface area contributed by atoms with Crippen LogP contribution >= 0.6 is 0 Å². The second-order valence-electron chi connectivity index (χ2n) is 4.83. The van der Waals surface area contributed by atoms with Crippen molar-refractivity contribution in [3.63, 3.8) is 0 Å². The Morgan fingerprint density at radius 2 is 1.47 bits per heavy atom. The second-order valence-corrected chi connectivity index (χ2v) is 6.72. The third-order valence-corrected chi connectivity index (χ3v) is 6.04. The van der Waals surface area contributed by atoms with E-state index in [9.17, 15) is 0 Å². The molecule has 0 bridgehead atoms. The lowest BCUT2D eigenvalue weighted by atomic mass is 10.4. The van der Waals surface area contributed by atoms with Crippen LogP contribution < -0.4 is 0 Å². The summed E-state index contributed by atoms with van der Waals surface area (Å²) in [6.07, 6.45) is 7.82. The third-order valence-electron chi connectivity index (χ3n) is 3.75. The topological polar surface area (TPSA) is 6.48 Å². The monoisotopic (exact) mass is 224 g/mol. The molecular formula is C12H24N2Si. The summed E-state index contributed by atoms with van der Waals surface area (Å²) >= 11 is 0. The molecule has 0 spiro atoms. The summed E-state index contributed by atoms with van der Waals surface area (Å²) in [7, 11) is 0.000231. The molecule has 86 valence electrons. The van der Waals surface area contributed by atoms with Crippen molar-refractivity contribution in [3.8, 4) is 0 Å². The van der Waals surface area contributed by atoms with E-state index in [1.165, 1.54) is 57.9 Å². The van der Waals surface area contributed by atoms with Gasteiger partial charge in [-0.15, -0.1) is 6.58 Å². The van der Waals surface area contributed by atoms with Gasteiger partial charge in [0.15, 0.2) is 0 Å². The first-order chi connectivity index (χ1) is 7.42. The zero-order valence-electron chi connectivity index (χ0n) is 9.83. The predicted octanol–water partition coefficient (Wildman–Crippen LogP) is 1.23. The number of hydrogen-bond acceptors (Lipinski definition) is 2. The van der Waals surface area contributed by atoms with E-state index in [1.54, 1.807) is 0 Å². The Balaban J connectivity index is 1.90. The van der Waals surface area contributed by atoms with Gasteiger partial charge in [-0.2, -0.15) is 0 Å². The maximum Gasteiger partial charge on any atom is 0.0629 e. The zero-order chi connectivity index (χ0) is 10.5. The smallest absolute Gasteiger partial charge is 0.0629 e. The van der Waals surface area contributed by atoms with Crippen molar-refractivity contribution >= 4 is 9.52 Å². The van der Waals surface area contributed by atoms with Crippen LogP contribution in [0.4, 0.5) is 0 Å². The highest BCUT2D eigenvalue weighted by Crippen LogP contribution is 2.19. The van der Waals surface area contributed by atoms with Crippen molar-refractivity contribution < 1.29 is 0 Å². The Morgan fingerprint density at radius 3 is 1.87 bits per heavy atom. The molecule has 0 unspecified atom stereocenters. The lowest BCUT2D eigenvalue weighted by molar-refractivity contribution is 0.142. The van der Waals surface area contributed by atoms with Gasteiger partial charge in [0.05, 0.1) is 9.52 Å². The molecule has 2 aliphatic rings. The normalized spacial score (nSPS) is 24.9. The fourth-order valence-electron chi connectivity index (χ4n) is 2.94. The van der Waals surface area contributed by atoms with Crippen LogP contribution in [0.5, 0.6) is 0 Å². The van der Waals surface area contributed by atoms with Gasteiger partial charge in [0, 0.05) is 5.79 Å². The Morgan fingerprint density at radius 1 is 1.00 bits per heavy atom. The summed E-state index contributed by atoms with van der Waals surface area (Å²) in [6, 6.07) is 1.30. The number of hydrogen-bond donors (Lipinski definition) is 0. The molecule has 2 nitrogen and oxygen atoms in total. The van der Waals surface area contributed by atoms with E-state index in [4.69, 9.17) is 0 Å². The predicted molar refractivity (Wildman–Crippen MR) is 69.0 cm³/mol. The van der Waals surface area contributed by atoms with E-state index in [0.717, 1.165) is 5.79 Å². The third kappa shape index (κ3) is 2.92. The summed E-state index contributed by atoms with van der Waals surface area (Å²) in [4.78, 5) is 5.50. The first-order valence-electron chi connectivity index (χ1n) is 6.51. The zero-order valence-corrected chi connectivity index (χ0v) is 11.2. The lowest BCUT2D eigenvalue weighted by Gasteiger charge is -2.35. The van der Waals surface area contributed by atoms with Gasteiger partial charge < -0.3 is 0 Å². The van der Waals surface area contributed by atoms with Gasteiger partial charge in [-0.05, 0) is 57.9 Å². The van der Waals surface area contributed by atoms with E-state index in [2.05, 4.69) is 22.5 Å². The first kappa shape index (κ1) is 11.4. The summed E-state index contributed by atoms with van der Waals surface area (Å²) in [6.45, 7) is 9.29. The van der Waals surface area contributed by atoms with E-state index < -0.39 is 0 Å². The molecule has 0 aromatic carbocycles. The van der Waals surface area contributed by atoms with Crippen molar-refractivity contribution in [2.45, 2.75) is 37.5 Å². The van der Waals surface area contributed by atoms with Gasteiger partial charge in [0.1, 0.15) is 0 Å². The van der Waals surface area contributed by atoms with Crippen LogP contribution in [0, 0.1) is 0 Å². The van der Waals surface area contributed by atoms with Gasteiger partial charge in [0.2, 0.25) is 0 Å². The van der Waals surface area contributed by atoms with Crippen molar-refractivity contribution in [2.24, 2.45) is 0 Å². The summed E-state index contributed by atoms with van der Waals surface area (Å²) in [5.41, 5.74) is 0. The van der Waals surface area contributed by atoms with Gasteiger partial charge >= 0.3 is 0 Å². The van der Waals surface area contributed by atoms with Crippen molar-refractivity contribution in [1.29, 1.82) is 0 Å². The Kier molecular flexibility index (Phi) is 4.41. The molecule has 2 rings (SSSR count). The van der Waals surface area contributed by atoms with Gasteiger partial charge in [-0.3, -0.25) is 9.80 Å². The summed E-state index contributed by atoms with van der Waals surface area (Å²) in [5, 5.41) is 0. The van der Waals surface area contributed by atoms with Crippen molar-refractivity contribution in [2.75, 3.05) is 26.2 Å². The Bertz CT molecular complexity index is 180. The van der Waals surface area contributed by atoms with Crippen molar-refractivity contribution in [3.05, 3.63) is 12.7 Å². The molecule has 0 N–H and O–H groups in total. The molecule has 0 saturated carbocycles. The molecule has 3 heteroatoms. The molecule has 0 aliphatic carbocycles. The van der Waals surface area contributed by atoms with Gasteiger partial charge in [0.25, 0.3) is 0 Å². The van der Waals surface area contributed by atoms with Gasteiger partial charge in [-0.1, -0.05) is 6.08 Å². The van der Waals surface area contributed by atoms with E-state index in [1.807, 2.05) is 0 Å². The standard InChI is InChI=1S/C12H24N2Si/c1-2-11-15-12(13-7-3-4-8-13)14-9-5-6-10-14/h2,12H,1,3-11,15H2. The van der Waals surface area contributed by atoms with Crippen LogP contribution in [-0.2, 0) is 0 Å². The number of allylic oxidation sites excluding steroid dienone is 1. The fraction of sp³-hybridized carbons (Fsp3) is 0.833. The SMILES string of the molecule is C=CC[SiH2]C(N1CCCC1)N1CCCC1. The van der Waals surface area contributed by atoms with Crippen LogP contribution in [0.1, 0.15) is 25.7 Å². The highest BCUT2D eigenvalue weighted by Gasteiger charge is 2.28. The molecule has 0 aromatic rings. The first-order valence-corrected chi connectivity index (χ1v) is 8.32. The molecule has 2 fully saturated rings. The minimum atomic E-state index is 0.000231. The minimum Gasteiger partial charge on any atom is -0.291 e. The summed E-state index contributed by atoms with van der Waals surface area (Å²) in [5.74, 6) is 0.855. The Hall–Kier alpha value is -0.123. The molecule has 0 aromatic heterocycles. The molecule has 2 heterocycles. The fourth-order valence-corrected chi connectivity index (χ4v) is 4.94. The average Bonchev–Trinajstić information content (AvgIpc) is 2.90. The van der Waals surface area contributed by atoms with Crippen LogP contribution in [0.2, 0.25) is 6.04 Å². The highest BCUT2D eigenvalue weighted by molar-refractivity contribution is 6.38. The van der Waals surface area contributed by atoms with Gasteiger partial charge in [-0.25, -0.2) is 0 Å². The largest absolute Gasteiger partial charge is 0.291 e. The molecule has 0 atom stereocenters. The van der Waals surface area contributed by atoms with Crippen LogP contribution in [0.3, 0.4) is 0 Å². The maximum atomic E-state index is 3.88. The number of rotatable bonds is 5. The Labute approximate surface area is 96.1 Å². The number of nitrogens with zero attached hydrogens (tertiary/aromatic N) is 2. The van der Waals surface area contributed by atoms with Crippen LogP contribution in [0.25, 0.3) is 0 Å². The maximum absolute atomic E-state index is 3.88. The van der Waals surface area contributed by atoms with Crippen LogP contribution in [-0.4, -0.2) is 51.3 Å². The molecule has 2 aliphatic heterocycles. The average molecular weight is 224 g/mol. The number of likely N-dealkylation sites (tertiary alicyclic amines) is 2. The van der Waals surface area contributed by atoms with E-state index in [-0.39, 0.29) is 9.52 Å². The minimum absolute atomic E-state index is 0.000231. The lowest BCUT2D eigenvalue weighted by Crippen LogP contribution is -2.49. The quantitative estimate of drug-likeness (QED) is 0.512. The molecule has 0 amide bonds. The molecular weight excluding hydrogens is 200 g/mol. The van der Waals surface area contributed by atoms with Crippen LogP contribution in [0.15, 0.2) is 12.7 Å². The van der Waals surface area contributed by atoms with Crippen molar-refractivity contribution in [1.82, 2.24) is 9.80 Å². The highest BCUT2D eigenvalue weighted by atomic mass is 28.2. The molecule has 15 heavy (non-hydrogen) atoms. The summed E-state index contributed by atoms with van der Waals surface area (Å²) < 4.78 is 0. The van der Waals surface area contributed by atoms with E-state index >= 15 is 0 Å². The second kappa shape index (κ2) is 5.82. The molecule has 0 radical (unpaired) electrons. The molecule has 2 saturated heterocycles.